The molecule has 1 aromatic heterocycles. The summed E-state index contributed by atoms with van der Waals surface area (Å²) in [6.45, 7) is 4.78. The smallest absolute Gasteiger partial charge is 0.206 e. The van der Waals surface area contributed by atoms with Crippen molar-refractivity contribution in [2.75, 3.05) is 6.61 Å². The molecule has 0 atom stereocenters. The molecule has 2 nitrogen and oxygen atoms in total. The highest BCUT2D eigenvalue weighted by Crippen LogP contribution is 2.25. The SMILES string of the molecule is CCCOc1ccccc1C(=O)c1ccc(CC)s1. The van der Waals surface area contributed by atoms with Gasteiger partial charge in [0.05, 0.1) is 17.0 Å². The van der Waals surface area contributed by atoms with Gasteiger partial charge >= 0.3 is 0 Å². The number of thiophene rings is 1. The summed E-state index contributed by atoms with van der Waals surface area (Å²) in [4.78, 5) is 14.5. The van der Waals surface area contributed by atoms with Gasteiger partial charge in [0.25, 0.3) is 0 Å². The van der Waals surface area contributed by atoms with Gasteiger partial charge in [0.15, 0.2) is 0 Å². The molecule has 0 spiro atoms. The Morgan fingerprint density at radius 3 is 2.63 bits per heavy atom. The molecule has 0 amide bonds. The van der Waals surface area contributed by atoms with E-state index in [4.69, 9.17) is 4.74 Å². The van der Waals surface area contributed by atoms with Crippen LogP contribution in [0.25, 0.3) is 0 Å². The third-order valence-corrected chi connectivity index (χ3v) is 4.06. The van der Waals surface area contributed by atoms with Crippen molar-refractivity contribution in [3.05, 3.63) is 51.7 Å². The predicted molar refractivity (Wildman–Crippen MR) is 79.4 cm³/mol. The number of ether oxygens (including phenoxy) is 1. The first-order chi connectivity index (χ1) is 9.26. The zero-order chi connectivity index (χ0) is 13.7. The molecular formula is C16H18O2S. The molecule has 0 unspecified atom stereocenters. The minimum atomic E-state index is 0.0522. The number of ketones is 1. The van der Waals surface area contributed by atoms with E-state index in [0.29, 0.717) is 17.9 Å². The van der Waals surface area contributed by atoms with Gasteiger partial charge in [-0.25, -0.2) is 0 Å². The van der Waals surface area contributed by atoms with Gasteiger partial charge in [0.2, 0.25) is 5.78 Å². The number of benzene rings is 1. The van der Waals surface area contributed by atoms with Crippen molar-refractivity contribution in [1.82, 2.24) is 0 Å². The van der Waals surface area contributed by atoms with Crippen LogP contribution in [0.1, 0.15) is 40.4 Å². The van der Waals surface area contributed by atoms with E-state index in [2.05, 4.69) is 13.8 Å². The van der Waals surface area contributed by atoms with Crippen molar-refractivity contribution in [3.8, 4) is 5.75 Å². The van der Waals surface area contributed by atoms with E-state index in [-0.39, 0.29) is 5.78 Å². The first-order valence-corrected chi connectivity index (χ1v) is 7.43. The number of rotatable bonds is 6. The Morgan fingerprint density at radius 1 is 1.16 bits per heavy atom. The van der Waals surface area contributed by atoms with E-state index in [0.717, 1.165) is 17.7 Å². The van der Waals surface area contributed by atoms with Gasteiger partial charge in [0, 0.05) is 4.88 Å². The topological polar surface area (TPSA) is 26.3 Å². The summed E-state index contributed by atoms with van der Waals surface area (Å²) in [5, 5.41) is 0. The van der Waals surface area contributed by atoms with Crippen LogP contribution in [0.3, 0.4) is 0 Å². The van der Waals surface area contributed by atoms with Gasteiger partial charge in [-0.2, -0.15) is 0 Å². The molecule has 0 N–H and O–H groups in total. The highest BCUT2D eigenvalue weighted by atomic mass is 32.1. The minimum absolute atomic E-state index is 0.0522. The van der Waals surface area contributed by atoms with E-state index in [9.17, 15) is 4.79 Å². The minimum Gasteiger partial charge on any atom is -0.493 e. The second-order valence-electron chi connectivity index (χ2n) is 4.29. The van der Waals surface area contributed by atoms with Gasteiger partial charge in [-0.3, -0.25) is 4.79 Å². The Kier molecular flexibility index (Phi) is 4.74. The van der Waals surface area contributed by atoms with E-state index in [1.807, 2.05) is 36.4 Å². The van der Waals surface area contributed by atoms with E-state index in [1.54, 1.807) is 11.3 Å². The summed E-state index contributed by atoms with van der Waals surface area (Å²) in [7, 11) is 0. The summed E-state index contributed by atoms with van der Waals surface area (Å²) in [5.74, 6) is 0.734. The zero-order valence-corrected chi connectivity index (χ0v) is 12.1. The van der Waals surface area contributed by atoms with Crippen molar-refractivity contribution < 1.29 is 9.53 Å². The number of carbonyl (C=O) groups is 1. The van der Waals surface area contributed by atoms with E-state index >= 15 is 0 Å². The Balaban J connectivity index is 2.27. The molecule has 2 aromatic rings. The molecule has 100 valence electrons. The number of carbonyl (C=O) groups excluding carboxylic acids is 1. The highest BCUT2D eigenvalue weighted by Gasteiger charge is 2.15. The fourth-order valence-electron chi connectivity index (χ4n) is 1.81. The van der Waals surface area contributed by atoms with Crippen molar-refractivity contribution in [3.63, 3.8) is 0 Å². The third kappa shape index (κ3) is 3.24. The van der Waals surface area contributed by atoms with Crippen LogP contribution < -0.4 is 4.74 Å². The number of hydrogen-bond acceptors (Lipinski definition) is 3. The maximum atomic E-state index is 12.5. The Labute approximate surface area is 118 Å². The fraction of sp³-hybridized carbons (Fsp3) is 0.312. The second kappa shape index (κ2) is 6.53. The van der Waals surface area contributed by atoms with Gasteiger partial charge in [-0.05, 0) is 37.1 Å². The average molecular weight is 274 g/mol. The Hall–Kier alpha value is -1.61. The Bertz CT molecular complexity index is 557. The van der Waals surface area contributed by atoms with E-state index in [1.165, 1.54) is 4.88 Å². The predicted octanol–water partition coefficient (Wildman–Crippen LogP) is 4.33. The number of hydrogen-bond donors (Lipinski definition) is 0. The lowest BCUT2D eigenvalue weighted by atomic mass is 10.1. The summed E-state index contributed by atoms with van der Waals surface area (Å²) < 4.78 is 5.65. The molecule has 3 heteroatoms. The van der Waals surface area contributed by atoms with Crippen LogP contribution in [0, 0.1) is 0 Å². The largest absolute Gasteiger partial charge is 0.493 e. The van der Waals surface area contributed by atoms with Crippen LogP contribution in [0.2, 0.25) is 0 Å². The van der Waals surface area contributed by atoms with Crippen LogP contribution in [-0.2, 0) is 6.42 Å². The second-order valence-corrected chi connectivity index (χ2v) is 5.46. The summed E-state index contributed by atoms with van der Waals surface area (Å²) >= 11 is 1.56. The van der Waals surface area contributed by atoms with Gasteiger partial charge in [0.1, 0.15) is 5.75 Å². The van der Waals surface area contributed by atoms with E-state index < -0.39 is 0 Å². The van der Waals surface area contributed by atoms with Crippen LogP contribution in [-0.4, -0.2) is 12.4 Å². The molecule has 2 rings (SSSR count). The maximum Gasteiger partial charge on any atom is 0.206 e. The van der Waals surface area contributed by atoms with Crippen LogP contribution in [0.4, 0.5) is 0 Å². The molecule has 0 aliphatic carbocycles. The first-order valence-electron chi connectivity index (χ1n) is 6.61. The lowest BCUT2D eigenvalue weighted by molar-refractivity contribution is 0.103. The van der Waals surface area contributed by atoms with Crippen molar-refractivity contribution in [2.45, 2.75) is 26.7 Å². The molecule has 0 aliphatic rings. The fourth-order valence-corrected chi connectivity index (χ4v) is 2.72. The van der Waals surface area contributed by atoms with Crippen LogP contribution in [0.5, 0.6) is 5.75 Å². The number of para-hydroxylation sites is 1. The molecule has 0 aliphatic heterocycles. The van der Waals surface area contributed by atoms with Gasteiger partial charge < -0.3 is 4.74 Å². The molecular weight excluding hydrogens is 256 g/mol. The van der Waals surface area contributed by atoms with Crippen LogP contribution >= 0.6 is 11.3 Å². The third-order valence-electron chi connectivity index (χ3n) is 2.83. The first kappa shape index (κ1) is 13.8. The lowest BCUT2D eigenvalue weighted by Crippen LogP contribution is -2.04. The van der Waals surface area contributed by atoms with Crippen molar-refractivity contribution >= 4 is 17.1 Å². The maximum absolute atomic E-state index is 12.5. The molecule has 1 heterocycles. The monoisotopic (exact) mass is 274 g/mol. The van der Waals surface area contributed by atoms with Gasteiger partial charge in [-0.1, -0.05) is 26.0 Å². The van der Waals surface area contributed by atoms with Crippen LogP contribution in [0.15, 0.2) is 36.4 Å². The van der Waals surface area contributed by atoms with Gasteiger partial charge in [-0.15, -0.1) is 11.3 Å². The Morgan fingerprint density at radius 2 is 1.95 bits per heavy atom. The number of aryl methyl sites for hydroxylation is 1. The summed E-state index contributed by atoms with van der Waals surface area (Å²) in [6, 6.07) is 11.4. The molecule has 0 radical (unpaired) electrons. The highest BCUT2D eigenvalue weighted by molar-refractivity contribution is 7.14. The standard InChI is InChI=1S/C16H18O2S/c1-3-11-18-14-8-6-5-7-13(14)16(17)15-10-9-12(4-2)19-15/h5-10H,3-4,11H2,1-2H3. The molecule has 0 fully saturated rings. The average Bonchev–Trinajstić information content (AvgIpc) is 2.93. The zero-order valence-electron chi connectivity index (χ0n) is 11.3. The lowest BCUT2D eigenvalue weighted by Gasteiger charge is -2.09. The molecule has 19 heavy (non-hydrogen) atoms. The molecule has 1 aromatic carbocycles. The summed E-state index contributed by atoms with van der Waals surface area (Å²) in [5.41, 5.74) is 0.653. The normalized spacial score (nSPS) is 10.4. The van der Waals surface area contributed by atoms with Crippen molar-refractivity contribution in [1.29, 1.82) is 0 Å². The van der Waals surface area contributed by atoms with Crippen molar-refractivity contribution in [2.24, 2.45) is 0 Å². The quantitative estimate of drug-likeness (QED) is 0.733. The molecule has 0 saturated carbocycles. The molecule has 0 saturated heterocycles. The summed E-state index contributed by atoms with van der Waals surface area (Å²) in [6.07, 6.45) is 1.90. The molecule has 0 bridgehead atoms.